The summed E-state index contributed by atoms with van der Waals surface area (Å²) >= 11 is 0. The largest absolute Gasteiger partial charge is 0.485 e. The number of carbonyl (C=O) groups is 3. The van der Waals surface area contributed by atoms with Crippen LogP contribution in [0.1, 0.15) is 40.1 Å². The first-order valence-corrected chi connectivity index (χ1v) is 10.8. The summed E-state index contributed by atoms with van der Waals surface area (Å²) in [6.07, 6.45) is 2.31. The van der Waals surface area contributed by atoms with Crippen molar-refractivity contribution in [1.82, 2.24) is 15.1 Å². The molecule has 1 aromatic heterocycles. The van der Waals surface area contributed by atoms with Crippen LogP contribution in [0, 0.1) is 0 Å². The Morgan fingerprint density at radius 2 is 2.00 bits per heavy atom. The van der Waals surface area contributed by atoms with Gasteiger partial charge in [0.25, 0.3) is 5.91 Å². The topological polar surface area (TPSA) is 101 Å². The lowest BCUT2D eigenvalue weighted by Gasteiger charge is -2.29. The second kappa shape index (κ2) is 8.76. The second-order valence-electron chi connectivity index (χ2n) is 8.28. The van der Waals surface area contributed by atoms with Crippen LogP contribution in [0.2, 0.25) is 0 Å². The van der Waals surface area contributed by atoms with E-state index in [9.17, 15) is 14.4 Å². The van der Waals surface area contributed by atoms with Gasteiger partial charge in [0.2, 0.25) is 11.8 Å². The number of hydrogen-bond acceptors (Lipinski definition) is 7. The number of carbonyl (C=O) groups excluding carboxylic acids is 3. The summed E-state index contributed by atoms with van der Waals surface area (Å²) in [5.74, 6) is 0.360. The zero-order valence-corrected chi connectivity index (χ0v) is 17.7. The lowest BCUT2D eigenvalue weighted by molar-refractivity contribution is -0.136. The van der Waals surface area contributed by atoms with Crippen LogP contribution < -0.4 is 10.1 Å². The van der Waals surface area contributed by atoms with Gasteiger partial charge in [0.1, 0.15) is 24.2 Å². The average molecular weight is 439 g/mol. The third-order valence-corrected chi connectivity index (χ3v) is 6.13. The predicted molar refractivity (Wildman–Crippen MR) is 112 cm³/mol. The molecule has 3 aliphatic heterocycles. The highest BCUT2D eigenvalue weighted by molar-refractivity contribution is 6.05. The van der Waals surface area contributed by atoms with Crippen LogP contribution in [0.5, 0.6) is 5.75 Å². The Morgan fingerprint density at radius 1 is 1.16 bits per heavy atom. The Labute approximate surface area is 185 Å². The van der Waals surface area contributed by atoms with Gasteiger partial charge in [-0.3, -0.25) is 24.6 Å². The molecule has 168 valence electrons. The van der Waals surface area contributed by atoms with Crippen molar-refractivity contribution < 1.29 is 28.3 Å². The molecule has 0 aliphatic carbocycles. The van der Waals surface area contributed by atoms with E-state index in [1.54, 1.807) is 18.4 Å². The first kappa shape index (κ1) is 20.7. The molecule has 3 amide bonds. The summed E-state index contributed by atoms with van der Waals surface area (Å²) in [6.45, 7) is 4.64. The maximum atomic E-state index is 12.9. The van der Waals surface area contributed by atoms with Crippen molar-refractivity contribution in [1.29, 1.82) is 0 Å². The van der Waals surface area contributed by atoms with Gasteiger partial charge >= 0.3 is 0 Å². The molecular formula is C23H25N3O6. The molecule has 1 unspecified atom stereocenters. The number of nitrogens with zero attached hydrogens (tertiary/aromatic N) is 2. The number of piperidine rings is 1. The first-order valence-electron chi connectivity index (χ1n) is 10.8. The van der Waals surface area contributed by atoms with Crippen molar-refractivity contribution in [2.24, 2.45) is 0 Å². The number of imide groups is 1. The van der Waals surface area contributed by atoms with Crippen LogP contribution in [-0.4, -0.2) is 59.9 Å². The SMILES string of the molecule is O=C1CCC(N2Cc3c(OCc4cc(CN5CCOCC5)co4)cccc3C2=O)C(=O)N1. The number of fused-ring (bicyclic) bond motifs is 1. The molecule has 0 saturated carbocycles. The van der Waals surface area contributed by atoms with Crippen LogP contribution in [0.15, 0.2) is 34.9 Å². The van der Waals surface area contributed by atoms with E-state index in [2.05, 4.69) is 10.2 Å². The molecule has 9 nitrogen and oxygen atoms in total. The summed E-state index contributed by atoms with van der Waals surface area (Å²) < 4.78 is 17.1. The Balaban J connectivity index is 1.24. The Morgan fingerprint density at radius 3 is 2.81 bits per heavy atom. The van der Waals surface area contributed by atoms with Crippen molar-refractivity contribution in [2.75, 3.05) is 26.3 Å². The van der Waals surface area contributed by atoms with Gasteiger partial charge in [-0.2, -0.15) is 0 Å². The highest BCUT2D eigenvalue weighted by Gasteiger charge is 2.40. The van der Waals surface area contributed by atoms with E-state index in [4.69, 9.17) is 13.9 Å². The summed E-state index contributed by atoms with van der Waals surface area (Å²) in [5, 5.41) is 2.32. The average Bonchev–Trinajstić information content (AvgIpc) is 3.38. The summed E-state index contributed by atoms with van der Waals surface area (Å²) in [7, 11) is 0. The Bertz CT molecular complexity index is 1040. The molecular weight excluding hydrogens is 414 g/mol. The molecule has 1 aromatic carbocycles. The van der Waals surface area contributed by atoms with Gasteiger partial charge in [-0.25, -0.2) is 0 Å². The number of rotatable bonds is 6. The molecule has 3 aliphatic rings. The number of amides is 3. The molecule has 5 rings (SSSR count). The minimum Gasteiger partial charge on any atom is -0.485 e. The van der Waals surface area contributed by atoms with Crippen LogP contribution in [-0.2, 0) is 34.0 Å². The van der Waals surface area contributed by atoms with E-state index < -0.39 is 11.9 Å². The maximum absolute atomic E-state index is 12.9. The number of benzene rings is 1. The van der Waals surface area contributed by atoms with Crippen LogP contribution in [0.4, 0.5) is 0 Å². The van der Waals surface area contributed by atoms with Gasteiger partial charge in [-0.05, 0) is 24.6 Å². The third kappa shape index (κ3) is 4.13. The predicted octanol–water partition coefficient (Wildman–Crippen LogP) is 1.45. The van der Waals surface area contributed by atoms with E-state index in [1.165, 1.54) is 4.90 Å². The Hall–Kier alpha value is -3.17. The maximum Gasteiger partial charge on any atom is 0.255 e. The second-order valence-corrected chi connectivity index (χ2v) is 8.28. The number of morpholine rings is 1. The molecule has 2 saturated heterocycles. The highest BCUT2D eigenvalue weighted by atomic mass is 16.5. The number of nitrogens with one attached hydrogen (secondary N) is 1. The van der Waals surface area contributed by atoms with E-state index >= 15 is 0 Å². The molecule has 32 heavy (non-hydrogen) atoms. The molecule has 1 N–H and O–H groups in total. The lowest BCUT2D eigenvalue weighted by atomic mass is 10.0. The standard InChI is InChI=1S/C23H25N3O6/c27-21-5-4-19(22(28)24-21)26-12-18-17(23(26)29)2-1-3-20(18)32-14-16-10-15(13-31-16)11-25-6-8-30-9-7-25/h1-3,10,13,19H,4-9,11-12,14H2,(H,24,27,28). The first-order chi connectivity index (χ1) is 15.6. The molecule has 0 bridgehead atoms. The Kier molecular flexibility index (Phi) is 5.67. The summed E-state index contributed by atoms with van der Waals surface area (Å²) in [4.78, 5) is 40.5. The van der Waals surface area contributed by atoms with E-state index in [0.29, 0.717) is 23.5 Å². The normalized spacial score (nSPS) is 21.6. The van der Waals surface area contributed by atoms with Gasteiger partial charge in [0.15, 0.2) is 0 Å². The molecule has 0 spiro atoms. The summed E-state index contributed by atoms with van der Waals surface area (Å²) in [6, 6.07) is 6.67. The fourth-order valence-electron chi connectivity index (χ4n) is 4.44. The van der Waals surface area contributed by atoms with Gasteiger partial charge in [-0.15, -0.1) is 0 Å². The van der Waals surface area contributed by atoms with Gasteiger partial charge in [-0.1, -0.05) is 6.07 Å². The van der Waals surface area contributed by atoms with Crippen LogP contribution in [0.25, 0.3) is 0 Å². The van der Waals surface area contributed by atoms with Gasteiger partial charge < -0.3 is 18.8 Å². The van der Waals surface area contributed by atoms with Crippen molar-refractivity contribution in [2.45, 2.75) is 38.6 Å². The van der Waals surface area contributed by atoms with Gasteiger partial charge in [0, 0.05) is 42.7 Å². The number of hydrogen-bond donors (Lipinski definition) is 1. The molecule has 9 heteroatoms. The lowest BCUT2D eigenvalue weighted by Crippen LogP contribution is -2.52. The summed E-state index contributed by atoms with van der Waals surface area (Å²) in [5.41, 5.74) is 2.37. The molecule has 2 fully saturated rings. The fraction of sp³-hybridized carbons (Fsp3) is 0.435. The quantitative estimate of drug-likeness (QED) is 0.680. The van der Waals surface area contributed by atoms with Crippen molar-refractivity contribution in [3.63, 3.8) is 0 Å². The van der Waals surface area contributed by atoms with Crippen LogP contribution >= 0.6 is 0 Å². The number of furan rings is 1. The monoisotopic (exact) mass is 439 g/mol. The zero-order chi connectivity index (χ0) is 22.1. The molecule has 2 aromatic rings. The number of ether oxygens (including phenoxy) is 2. The van der Waals surface area contributed by atoms with Crippen molar-refractivity contribution in [3.8, 4) is 5.75 Å². The molecule has 0 radical (unpaired) electrons. The smallest absolute Gasteiger partial charge is 0.255 e. The fourth-order valence-corrected chi connectivity index (χ4v) is 4.44. The minimum atomic E-state index is -0.645. The van der Waals surface area contributed by atoms with E-state index in [0.717, 1.165) is 44.0 Å². The van der Waals surface area contributed by atoms with E-state index in [1.807, 2.05) is 12.1 Å². The van der Waals surface area contributed by atoms with E-state index in [-0.39, 0.29) is 31.4 Å². The zero-order valence-electron chi connectivity index (χ0n) is 17.7. The minimum absolute atomic E-state index is 0.217. The van der Waals surface area contributed by atoms with Crippen molar-refractivity contribution >= 4 is 17.7 Å². The third-order valence-electron chi connectivity index (χ3n) is 6.13. The highest BCUT2D eigenvalue weighted by Crippen LogP contribution is 2.34. The molecule has 4 heterocycles. The van der Waals surface area contributed by atoms with Crippen LogP contribution in [0.3, 0.4) is 0 Å². The van der Waals surface area contributed by atoms with Crippen molar-refractivity contribution in [3.05, 3.63) is 53.0 Å². The van der Waals surface area contributed by atoms with Gasteiger partial charge in [0.05, 0.1) is 26.0 Å². The molecule has 1 atom stereocenters.